The molecule has 0 spiro atoms. The van der Waals surface area contributed by atoms with Crippen LogP contribution in [0.25, 0.3) is 0 Å². The van der Waals surface area contributed by atoms with Gasteiger partial charge < -0.3 is 5.11 Å². The van der Waals surface area contributed by atoms with Crippen molar-refractivity contribution in [3.63, 3.8) is 0 Å². The van der Waals surface area contributed by atoms with Crippen LogP contribution in [0.5, 0.6) is 0 Å². The van der Waals surface area contributed by atoms with Crippen molar-refractivity contribution >= 4 is 9.24 Å². The van der Waals surface area contributed by atoms with Crippen LogP contribution < -0.4 is 0 Å². The zero-order valence-corrected chi connectivity index (χ0v) is 8.71. The van der Waals surface area contributed by atoms with Crippen LogP contribution in [-0.4, -0.2) is 28.3 Å². The van der Waals surface area contributed by atoms with Crippen LogP contribution in [-0.2, 0) is 0 Å². The highest BCUT2D eigenvalue weighted by atomic mass is 31.0. The fourth-order valence-electron chi connectivity index (χ4n) is 2.04. The Bertz CT molecular complexity index is 188. The third-order valence-corrected chi connectivity index (χ3v) is 3.52. The maximum Gasteiger partial charge on any atom is 0.216 e. The molecule has 0 radical (unpaired) electrons. The first-order valence-corrected chi connectivity index (χ1v) is 5.33. The molecule has 0 aromatic heterocycles. The van der Waals surface area contributed by atoms with Gasteiger partial charge in [0.1, 0.15) is 0 Å². The molecule has 1 fully saturated rings. The zero-order chi connectivity index (χ0) is 9.84. The molecule has 4 atom stereocenters. The molecule has 76 valence electrons. The highest BCUT2D eigenvalue weighted by molar-refractivity contribution is 7.17. The van der Waals surface area contributed by atoms with Crippen LogP contribution in [0.1, 0.15) is 25.7 Å². The first-order chi connectivity index (χ1) is 6.16. The van der Waals surface area contributed by atoms with E-state index in [0.29, 0.717) is 6.42 Å². The molecule has 0 bridgehead atoms. The Balaban J connectivity index is 2.61. The monoisotopic (exact) mass is 205 g/mol. The summed E-state index contributed by atoms with van der Waals surface area (Å²) in [6.45, 7) is 0.0275. The maximum atomic E-state index is 10.7. The number of rotatable bonds is 3. The SMILES string of the molecule is O=[N+]([O-])[C@H]1CCCC[C@H]1[C@H](P)CO. The summed E-state index contributed by atoms with van der Waals surface area (Å²) in [5, 5.41) is 19.6. The first kappa shape index (κ1) is 10.9. The fraction of sp³-hybridized carbons (Fsp3) is 1.00. The average Bonchev–Trinajstić information content (AvgIpc) is 2.16. The van der Waals surface area contributed by atoms with E-state index in [1.54, 1.807) is 0 Å². The molecule has 1 N–H and O–H groups in total. The molecule has 0 heterocycles. The molecule has 1 rings (SSSR count). The molecule has 4 nitrogen and oxygen atoms in total. The molecule has 0 saturated heterocycles. The molecule has 1 aliphatic carbocycles. The number of aliphatic hydroxyl groups is 1. The number of aliphatic hydroxyl groups excluding tert-OH is 1. The van der Waals surface area contributed by atoms with Gasteiger partial charge in [0, 0.05) is 29.5 Å². The summed E-state index contributed by atoms with van der Waals surface area (Å²) in [7, 11) is 2.52. The largest absolute Gasteiger partial charge is 0.396 e. The van der Waals surface area contributed by atoms with E-state index in [1.165, 1.54) is 0 Å². The topological polar surface area (TPSA) is 63.4 Å². The summed E-state index contributed by atoms with van der Waals surface area (Å²) in [5.74, 6) is 0.0405. The van der Waals surface area contributed by atoms with Crippen molar-refractivity contribution in [1.82, 2.24) is 0 Å². The summed E-state index contributed by atoms with van der Waals surface area (Å²) < 4.78 is 0. The molecular formula is C8H16NO3P. The van der Waals surface area contributed by atoms with Crippen molar-refractivity contribution in [2.24, 2.45) is 5.92 Å². The minimum absolute atomic E-state index is 0.0179. The standard InChI is InChI=1S/C8H16NO3P/c10-5-8(13)6-3-1-2-4-7(6)9(11)12/h6-8,10H,1-5,13H2/t6-,7+,8-/m1/s1. The predicted octanol–water partition coefficient (Wildman–Crippen LogP) is 1.06. The highest BCUT2D eigenvalue weighted by Crippen LogP contribution is 2.31. The van der Waals surface area contributed by atoms with E-state index in [-0.39, 0.29) is 23.1 Å². The highest BCUT2D eigenvalue weighted by Gasteiger charge is 2.37. The van der Waals surface area contributed by atoms with Gasteiger partial charge in [0.2, 0.25) is 6.04 Å². The van der Waals surface area contributed by atoms with Gasteiger partial charge in [-0.1, -0.05) is 6.42 Å². The van der Waals surface area contributed by atoms with E-state index < -0.39 is 6.04 Å². The van der Waals surface area contributed by atoms with Crippen LogP contribution >= 0.6 is 9.24 Å². The fourth-order valence-corrected chi connectivity index (χ4v) is 2.49. The Morgan fingerprint density at radius 3 is 2.69 bits per heavy atom. The lowest BCUT2D eigenvalue weighted by molar-refractivity contribution is -0.535. The first-order valence-electron chi connectivity index (χ1n) is 4.66. The second-order valence-electron chi connectivity index (χ2n) is 3.65. The van der Waals surface area contributed by atoms with E-state index in [1.807, 2.05) is 0 Å². The molecule has 5 heteroatoms. The van der Waals surface area contributed by atoms with Gasteiger partial charge in [-0.2, -0.15) is 0 Å². The Morgan fingerprint density at radius 2 is 2.15 bits per heavy atom. The number of nitrogens with zero attached hydrogens (tertiary/aromatic N) is 1. The lowest BCUT2D eigenvalue weighted by atomic mass is 9.82. The summed E-state index contributed by atoms with van der Waals surface area (Å²) in [4.78, 5) is 10.5. The Morgan fingerprint density at radius 1 is 1.54 bits per heavy atom. The molecule has 1 unspecified atom stereocenters. The van der Waals surface area contributed by atoms with Crippen LogP contribution in [0.2, 0.25) is 0 Å². The lowest BCUT2D eigenvalue weighted by Gasteiger charge is -2.28. The van der Waals surface area contributed by atoms with Gasteiger partial charge in [-0.3, -0.25) is 10.1 Å². The van der Waals surface area contributed by atoms with Crippen molar-refractivity contribution in [2.75, 3.05) is 6.61 Å². The molecule has 0 aromatic rings. The molecular weight excluding hydrogens is 189 g/mol. The summed E-state index contributed by atoms with van der Waals surface area (Å²) >= 11 is 0. The zero-order valence-electron chi connectivity index (χ0n) is 7.56. The normalized spacial score (nSPS) is 31.2. The van der Waals surface area contributed by atoms with Gasteiger partial charge in [-0.05, 0) is 12.8 Å². The summed E-state index contributed by atoms with van der Waals surface area (Å²) in [5.41, 5.74) is -0.0179. The van der Waals surface area contributed by atoms with Crippen molar-refractivity contribution < 1.29 is 10.0 Å². The van der Waals surface area contributed by atoms with E-state index in [9.17, 15) is 10.1 Å². The van der Waals surface area contributed by atoms with Gasteiger partial charge in [-0.25, -0.2) is 0 Å². The van der Waals surface area contributed by atoms with Crippen molar-refractivity contribution in [2.45, 2.75) is 37.4 Å². The predicted molar refractivity (Wildman–Crippen MR) is 53.3 cm³/mol. The minimum Gasteiger partial charge on any atom is -0.396 e. The molecule has 0 aliphatic heterocycles. The van der Waals surface area contributed by atoms with Crippen LogP contribution in [0.15, 0.2) is 0 Å². The minimum atomic E-state index is -0.441. The van der Waals surface area contributed by atoms with Crippen molar-refractivity contribution in [1.29, 1.82) is 0 Å². The Kier molecular flexibility index (Phi) is 4.07. The smallest absolute Gasteiger partial charge is 0.216 e. The lowest BCUT2D eigenvalue weighted by Crippen LogP contribution is -2.38. The third kappa shape index (κ3) is 2.61. The molecule has 1 aliphatic rings. The molecule has 0 amide bonds. The number of hydrogen-bond donors (Lipinski definition) is 1. The van der Waals surface area contributed by atoms with Crippen LogP contribution in [0, 0.1) is 16.0 Å². The maximum absolute atomic E-state index is 10.7. The van der Waals surface area contributed by atoms with Gasteiger partial charge in [0.15, 0.2) is 0 Å². The van der Waals surface area contributed by atoms with Gasteiger partial charge in [0.05, 0.1) is 0 Å². The summed E-state index contributed by atoms with van der Waals surface area (Å²) in [6, 6.07) is -0.441. The van der Waals surface area contributed by atoms with E-state index in [0.717, 1.165) is 19.3 Å². The third-order valence-electron chi connectivity index (χ3n) is 2.81. The van der Waals surface area contributed by atoms with Crippen molar-refractivity contribution in [3.05, 3.63) is 10.1 Å². The van der Waals surface area contributed by atoms with E-state index in [4.69, 9.17) is 5.11 Å². The second kappa shape index (κ2) is 4.87. The quantitative estimate of drug-likeness (QED) is 0.425. The molecule has 1 saturated carbocycles. The van der Waals surface area contributed by atoms with Crippen molar-refractivity contribution in [3.8, 4) is 0 Å². The van der Waals surface area contributed by atoms with Gasteiger partial charge in [0.25, 0.3) is 0 Å². The number of nitro groups is 1. The molecule has 13 heavy (non-hydrogen) atoms. The average molecular weight is 205 g/mol. The van der Waals surface area contributed by atoms with E-state index in [2.05, 4.69) is 9.24 Å². The summed E-state index contributed by atoms with van der Waals surface area (Å²) in [6.07, 6.45) is 3.55. The van der Waals surface area contributed by atoms with Gasteiger partial charge in [-0.15, -0.1) is 9.24 Å². The van der Waals surface area contributed by atoms with Crippen LogP contribution in [0.3, 0.4) is 0 Å². The second-order valence-corrected chi connectivity index (χ2v) is 4.50. The van der Waals surface area contributed by atoms with Gasteiger partial charge >= 0.3 is 0 Å². The molecule has 0 aromatic carbocycles. The Hall–Kier alpha value is -0.210. The van der Waals surface area contributed by atoms with E-state index >= 15 is 0 Å². The number of hydrogen-bond acceptors (Lipinski definition) is 3. The van der Waals surface area contributed by atoms with Crippen LogP contribution in [0.4, 0.5) is 0 Å². The Labute approximate surface area is 80.1 Å².